The van der Waals surface area contributed by atoms with Crippen LogP contribution in [0.5, 0.6) is 0 Å². The van der Waals surface area contributed by atoms with E-state index in [0.717, 1.165) is 23.2 Å². The highest BCUT2D eigenvalue weighted by Crippen LogP contribution is 2.38. The second kappa shape index (κ2) is 6.21. The van der Waals surface area contributed by atoms with Crippen LogP contribution in [0.15, 0.2) is 23.4 Å². The van der Waals surface area contributed by atoms with E-state index < -0.39 is 0 Å². The summed E-state index contributed by atoms with van der Waals surface area (Å²) < 4.78 is 0. The highest BCUT2D eigenvalue weighted by molar-refractivity contribution is 6.01. The van der Waals surface area contributed by atoms with Crippen LogP contribution in [0.2, 0.25) is 0 Å². The van der Waals surface area contributed by atoms with Gasteiger partial charge in [-0.1, -0.05) is 19.1 Å². The van der Waals surface area contributed by atoms with Gasteiger partial charge in [0.1, 0.15) is 0 Å². The molecular formula is C20H27N3O2. The van der Waals surface area contributed by atoms with Gasteiger partial charge in [-0.2, -0.15) is 0 Å². The molecular weight excluding hydrogens is 314 g/mol. The molecule has 0 unspecified atom stereocenters. The predicted octanol–water partition coefficient (Wildman–Crippen LogP) is 3.20. The number of amides is 3. The number of aryl methyl sites for hydroxylation is 3. The van der Waals surface area contributed by atoms with E-state index in [9.17, 15) is 9.59 Å². The van der Waals surface area contributed by atoms with E-state index in [1.54, 1.807) is 11.9 Å². The van der Waals surface area contributed by atoms with Crippen LogP contribution in [-0.2, 0) is 4.79 Å². The molecule has 2 aliphatic heterocycles. The summed E-state index contributed by atoms with van der Waals surface area (Å²) in [6.07, 6.45) is 0.894. The Morgan fingerprint density at radius 2 is 1.80 bits per heavy atom. The maximum Gasteiger partial charge on any atom is 0.322 e. The molecule has 25 heavy (non-hydrogen) atoms. The lowest BCUT2D eigenvalue weighted by Crippen LogP contribution is -2.45. The van der Waals surface area contributed by atoms with Gasteiger partial charge in [0.2, 0.25) is 0 Å². The third kappa shape index (κ3) is 2.71. The molecule has 134 valence electrons. The summed E-state index contributed by atoms with van der Waals surface area (Å²) in [6.45, 7) is 10.8. The number of rotatable bonds is 3. The number of hydrogen-bond donors (Lipinski definition) is 1. The van der Waals surface area contributed by atoms with Crippen molar-refractivity contribution in [3.05, 3.63) is 45.7 Å². The molecule has 0 aromatic heterocycles. The molecule has 2 aliphatic rings. The van der Waals surface area contributed by atoms with Crippen LogP contribution in [0.4, 0.5) is 4.79 Å². The normalized spacial score (nSPS) is 21.6. The van der Waals surface area contributed by atoms with Crippen molar-refractivity contribution >= 4 is 11.9 Å². The van der Waals surface area contributed by atoms with Crippen molar-refractivity contribution in [1.29, 1.82) is 0 Å². The van der Waals surface area contributed by atoms with Crippen molar-refractivity contribution in [3.8, 4) is 0 Å². The van der Waals surface area contributed by atoms with E-state index in [2.05, 4.69) is 45.1 Å². The summed E-state index contributed by atoms with van der Waals surface area (Å²) in [5, 5.41) is 3.03. The van der Waals surface area contributed by atoms with Gasteiger partial charge in [-0.05, 0) is 56.4 Å². The van der Waals surface area contributed by atoms with Crippen LogP contribution >= 0.6 is 0 Å². The molecule has 0 saturated carbocycles. The minimum atomic E-state index is -0.375. The van der Waals surface area contributed by atoms with Crippen molar-refractivity contribution in [1.82, 2.24) is 15.1 Å². The van der Waals surface area contributed by atoms with Crippen LogP contribution in [0.1, 0.15) is 48.6 Å². The average molecular weight is 341 g/mol. The monoisotopic (exact) mass is 341 g/mol. The van der Waals surface area contributed by atoms with Crippen molar-refractivity contribution in [2.75, 3.05) is 13.6 Å². The molecule has 0 fully saturated rings. The van der Waals surface area contributed by atoms with Gasteiger partial charge in [0.15, 0.2) is 0 Å². The summed E-state index contributed by atoms with van der Waals surface area (Å²) in [5.74, 6) is 0.0406. The number of likely N-dealkylation sites (N-methyl/N-ethyl adjacent to an activating group) is 1. The molecule has 0 spiro atoms. The third-order valence-corrected chi connectivity index (χ3v) is 5.70. The van der Waals surface area contributed by atoms with Gasteiger partial charge in [-0.3, -0.25) is 9.69 Å². The number of hydrogen-bond acceptors (Lipinski definition) is 2. The second-order valence-electron chi connectivity index (χ2n) is 7.29. The van der Waals surface area contributed by atoms with E-state index in [-0.39, 0.29) is 24.0 Å². The number of nitrogens with one attached hydrogen (secondary N) is 1. The van der Waals surface area contributed by atoms with Gasteiger partial charge in [-0.15, -0.1) is 0 Å². The Balaban J connectivity index is 2.10. The summed E-state index contributed by atoms with van der Waals surface area (Å²) >= 11 is 0. The van der Waals surface area contributed by atoms with E-state index in [1.165, 1.54) is 11.1 Å². The zero-order valence-corrected chi connectivity index (χ0v) is 15.9. The first-order valence-electron chi connectivity index (χ1n) is 8.92. The summed E-state index contributed by atoms with van der Waals surface area (Å²) in [4.78, 5) is 29.1. The molecule has 3 rings (SSSR count). The molecule has 0 aliphatic carbocycles. The van der Waals surface area contributed by atoms with Crippen molar-refractivity contribution in [2.45, 2.75) is 53.1 Å². The number of benzene rings is 1. The van der Waals surface area contributed by atoms with Gasteiger partial charge in [0.05, 0.1) is 23.9 Å². The lowest BCUT2D eigenvalue weighted by Gasteiger charge is -2.32. The Hall–Kier alpha value is -2.30. The predicted molar refractivity (Wildman–Crippen MR) is 98.2 cm³/mol. The van der Waals surface area contributed by atoms with Crippen LogP contribution in [0.3, 0.4) is 0 Å². The molecule has 5 nitrogen and oxygen atoms in total. The Labute approximate surface area is 149 Å². The van der Waals surface area contributed by atoms with Gasteiger partial charge >= 0.3 is 6.03 Å². The Kier molecular flexibility index (Phi) is 4.35. The fourth-order valence-corrected chi connectivity index (χ4v) is 3.69. The Bertz CT molecular complexity index is 781. The molecule has 1 aromatic rings. The molecule has 2 heterocycles. The lowest BCUT2D eigenvalue weighted by atomic mass is 9.90. The molecule has 3 amide bonds. The Morgan fingerprint density at radius 3 is 2.44 bits per heavy atom. The van der Waals surface area contributed by atoms with E-state index >= 15 is 0 Å². The highest BCUT2D eigenvalue weighted by Gasteiger charge is 2.44. The van der Waals surface area contributed by atoms with E-state index in [4.69, 9.17) is 0 Å². The fraction of sp³-hybridized carbons (Fsp3) is 0.500. The van der Waals surface area contributed by atoms with Gasteiger partial charge < -0.3 is 10.2 Å². The first-order chi connectivity index (χ1) is 11.8. The SMILES string of the molecule is CC[C@@H](C)N1CC2=C(C1=O)[C@H](c1cc(C)c(C)cc1C)NC(=O)N2C. The molecule has 0 saturated heterocycles. The largest absolute Gasteiger partial charge is 0.330 e. The Morgan fingerprint density at radius 1 is 1.16 bits per heavy atom. The van der Waals surface area contributed by atoms with Gasteiger partial charge in [-0.25, -0.2) is 4.79 Å². The number of carbonyl (C=O) groups is 2. The summed E-state index contributed by atoms with van der Waals surface area (Å²) in [7, 11) is 1.74. The molecule has 1 N–H and O–H groups in total. The quantitative estimate of drug-likeness (QED) is 0.918. The van der Waals surface area contributed by atoms with Crippen LogP contribution in [-0.4, -0.2) is 41.4 Å². The average Bonchev–Trinajstić information content (AvgIpc) is 2.92. The topological polar surface area (TPSA) is 52.7 Å². The first kappa shape index (κ1) is 17.5. The lowest BCUT2D eigenvalue weighted by molar-refractivity contribution is -0.127. The molecule has 5 heteroatoms. The van der Waals surface area contributed by atoms with Gasteiger partial charge in [0.25, 0.3) is 5.91 Å². The van der Waals surface area contributed by atoms with Crippen LogP contribution in [0.25, 0.3) is 0 Å². The van der Waals surface area contributed by atoms with Crippen LogP contribution in [0, 0.1) is 20.8 Å². The van der Waals surface area contributed by atoms with E-state index in [0.29, 0.717) is 12.1 Å². The molecule has 0 radical (unpaired) electrons. The zero-order chi connectivity index (χ0) is 18.5. The minimum absolute atomic E-state index is 0.0406. The highest BCUT2D eigenvalue weighted by atomic mass is 16.2. The maximum atomic E-state index is 13.1. The molecule has 0 bridgehead atoms. The standard InChI is InChI=1S/C20H27N3O2/c1-7-14(5)23-10-16-17(19(23)24)18(21-20(25)22(16)6)15-9-12(3)11(2)8-13(15)4/h8-9,14,18H,7,10H2,1-6H3,(H,21,25)/t14-,18+/m1/s1. The fourth-order valence-electron chi connectivity index (χ4n) is 3.69. The van der Waals surface area contributed by atoms with Crippen LogP contribution < -0.4 is 5.32 Å². The van der Waals surface area contributed by atoms with Gasteiger partial charge in [0, 0.05) is 13.1 Å². The molecule has 1 aromatic carbocycles. The number of nitrogens with zero attached hydrogens (tertiary/aromatic N) is 2. The van der Waals surface area contributed by atoms with E-state index in [1.807, 2.05) is 11.8 Å². The third-order valence-electron chi connectivity index (χ3n) is 5.70. The smallest absolute Gasteiger partial charge is 0.322 e. The summed E-state index contributed by atoms with van der Waals surface area (Å²) in [6, 6.07) is 3.86. The second-order valence-corrected chi connectivity index (χ2v) is 7.29. The van der Waals surface area contributed by atoms with Crippen molar-refractivity contribution in [2.24, 2.45) is 0 Å². The minimum Gasteiger partial charge on any atom is -0.330 e. The summed E-state index contributed by atoms with van der Waals surface area (Å²) in [5.41, 5.74) is 6.04. The van der Waals surface area contributed by atoms with Crippen molar-refractivity contribution < 1.29 is 9.59 Å². The maximum absolute atomic E-state index is 13.1. The zero-order valence-electron chi connectivity index (χ0n) is 15.9. The first-order valence-corrected chi connectivity index (χ1v) is 8.92. The van der Waals surface area contributed by atoms with Crippen molar-refractivity contribution in [3.63, 3.8) is 0 Å². The number of carbonyl (C=O) groups excluding carboxylic acids is 2. The molecule has 2 atom stereocenters. The number of urea groups is 1.